The Hall–Kier alpha value is -2.64. The lowest BCUT2D eigenvalue weighted by Gasteiger charge is -2.38. The molecule has 1 aliphatic heterocycles. The summed E-state index contributed by atoms with van der Waals surface area (Å²) in [7, 11) is 0. The predicted molar refractivity (Wildman–Crippen MR) is 109 cm³/mol. The highest BCUT2D eigenvalue weighted by Crippen LogP contribution is 2.48. The normalized spacial score (nSPS) is 21.6. The second kappa shape index (κ2) is 6.51. The molecule has 1 aliphatic carbocycles. The van der Waals surface area contributed by atoms with E-state index in [2.05, 4.69) is 48.8 Å². The molecule has 0 radical (unpaired) electrons. The summed E-state index contributed by atoms with van der Waals surface area (Å²) in [6.07, 6.45) is 1.36. The average Bonchev–Trinajstić information content (AvgIpc) is 3.10. The second-order valence-corrected chi connectivity index (χ2v) is 9.09. The molecule has 27 heavy (non-hydrogen) atoms. The van der Waals surface area contributed by atoms with Gasteiger partial charge in [-0.2, -0.15) is 5.26 Å². The van der Waals surface area contributed by atoms with Crippen molar-refractivity contribution in [3.8, 4) is 17.2 Å². The third-order valence-electron chi connectivity index (χ3n) is 5.37. The summed E-state index contributed by atoms with van der Waals surface area (Å²) < 4.78 is 0. The first-order valence-corrected chi connectivity index (χ1v) is 10.1. The topological polar surface area (TPSA) is 52.9 Å². The van der Waals surface area contributed by atoms with Gasteiger partial charge in [0.2, 0.25) is 0 Å². The Kier molecular flexibility index (Phi) is 4.28. The van der Waals surface area contributed by atoms with Crippen LogP contribution >= 0.6 is 11.3 Å². The molecule has 0 saturated heterocycles. The largest absolute Gasteiger partial charge is 0.361 e. The van der Waals surface area contributed by atoms with Crippen LogP contribution in [-0.4, -0.2) is 5.78 Å². The molecule has 136 valence electrons. The Morgan fingerprint density at radius 1 is 1.19 bits per heavy atom. The number of carbonyl (C=O) groups is 1. The van der Waals surface area contributed by atoms with E-state index in [-0.39, 0.29) is 17.1 Å². The van der Waals surface area contributed by atoms with Crippen molar-refractivity contribution in [1.82, 2.24) is 5.32 Å². The number of nitrogens with zero attached hydrogens (tertiary/aromatic N) is 1. The molecule has 4 rings (SSSR count). The van der Waals surface area contributed by atoms with Crippen LogP contribution in [0.5, 0.6) is 0 Å². The predicted octanol–water partition coefficient (Wildman–Crippen LogP) is 5.54. The van der Waals surface area contributed by atoms with Crippen LogP contribution in [0.1, 0.15) is 44.4 Å². The van der Waals surface area contributed by atoms with Crippen LogP contribution in [0.25, 0.3) is 11.1 Å². The van der Waals surface area contributed by atoms with Gasteiger partial charge in [0.05, 0.1) is 17.6 Å². The van der Waals surface area contributed by atoms with Gasteiger partial charge in [-0.3, -0.25) is 4.79 Å². The molecule has 2 aromatic rings. The van der Waals surface area contributed by atoms with E-state index in [0.29, 0.717) is 12.0 Å². The summed E-state index contributed by atoms with van der Waals surface area (Å²) in [6, 6.07) is 14.7. The highest BCUT2D eigenvalue weighted by Gasteiger charge is 2.41. The lowest BCUT2D eigenvalue weighted by molar-refractivity contribution is -0.118. The molecule has 0 amide bonds. The van der Waals surface area contributed by atoms with Crippen molar-refractivity contribution in [1.29, 1.82) is 5.26 Å². The summed E-state index contributed by atoms with van der Waals surface area (Å²) in [6.45, 7) is 6.19. The second-order valence-electron chi connectivity index (χ2n) is 8.15. The van der Waals surface area contributed by atoms with Crippen LogP contribution in [0.4, 0.5) is 0 Å². The van der Waals surface area contributed by atoms with Crippen molar-refractivity contribution in [2.75, 3.05) is 0 Å². The van der Waals surface area contributed by atoms with Crippen molar-refractivity contribution in [2.24, 2.45) is 5.41 Å². The minimum Gasteiger partial charge on any atom is -0.361 e. The van der Waals surface area contributed by atoms with Crippen LogP contribution in [0.3, 0.4) is 0 Å². The molecule has 2 aliphatic rings. The first-order chi connectivity index (χ1) is 12.9. The highest BCUT2D eigenvalue weighted by atomic mass is 32.1. The fourth-order valence-corrected chi connectivity index (χ4v) is 5.19. The molecule has 1 N–H and O–H groups in total. The molecule has 0 saturated carbocycles. The molecule has 3 nitrogen and oxygen atoms in total. The number of hydrogen-bond donors (Lipinski definition) is 1. The van der Waals surface area contributed by atoms with Gasteiger partial charge in [-0.25, -0.2) is 0 Å². The van der Waals surface area contributed by atoms with Gasteiger partial charge in [0.1, 0.15) is 0 Å². The maximum atomic E-state index is 13.0. The number of hydrogen-bond acceptors (Lipinski definition) is 4. The van der Waals surface area contributed by atoms with E-state index in [9.17, 15) is 10.1 Å². The summed E-state index contributed by atoms with van der Waals surface area (Å²) in [5.41, 5.74) is 5.53. The van der Waals surface area contributed by atoms with Crippen molar-refractivity contribution in [3.63, 3.8) is 0 Å². The van der Waals surface area contributed by atoms with E-state index in [4.69, 9.17) is 0 Å². The number of ketones is 1. The van der Waals surface area contributed by atoms with Crippen molar-refractivity contribution < 1.29 is 4.79 Å². The van der Waals surface area contributed by atoms with Gasteiger partial charge in [0.25, 0.3) is 0 Å². The zero-order valence-electron chi connectivity index (χ0n) is 15.8. The average molecular weight is 375 g/mol. The SMILES string of the molecule is CC1=C(C#N)[C@@H](c2cc(-c3ccccc3)cs2)C2=C(CC(C)(C)CC2=O)N1. The number of nitriles is 1. The van der Waals surface area contributed by atoms with Crippen LogP contribution in [0.2, 0.25) is 0 Å². The fraction of sp³-hybridized carbons (Fsp3) is 0.304. The lowest BCUT2D eigenvalue weighted by atomic mass is 9.70. The Balaban J connectivity index is 1.83. The molecule has 0 fully saturated rings. The van der Waals surface area contributed by atoms with Gasteiger partial charge < -0.3 is 5.32 Å². The van der Waals surface area contributed by atoms with Gasteiger partial charge in [-0.1, -0.05) is 44.2 Å². The summed E-state index contributed by atoms with van der Waals surface area (Å²) in [4.78, 5) is 14.1. The number of allylic oxidation sites excluding steroid dienone is 4. The van der Waals surface area contributed by atoms with Crippen LogP contribution < -0.4 is 5.32 Å². The highest BCUT2D eigenvalue weighted by molar-refractivity contribution is 7.10. The van der Waals surface area contributed by atoms with Crippen LogP contribution in [-0.2, 0) is 4.79 Å². The van der Waals surface area contributed by atoms with E-state index in [1.54, 1.807) is 11.3 Å². The number of nitrogens with one attached hydrogen (secondary N) is 1. The minimum absolute atomic E-state index is 0.0530. The first kappa shape index (κ1) is 17.8. The van der Waals surface area contributed by atoms with Crippen molar-refractivity contribution in [3.05, 3.63) is 69.2 Å². The molecule has 0 spiro atoms. The Morgan fingerprint density at radius 3 is 2.63 bits per heavy atom. The number of carbonyl (C=O) groups excluding carboxylic acids is 1. The number of benzene rings is 1. The maximum Gasteiger partial charge on any atom is 0.162 e. The zero-order chi connectivity index (χ0) is 19.2. The molecule has 1 aromatic heterocycles. The lowest BCUT2D eigenvalue weighted by Crippen LogP contribution is -2.36. The van der Waals surface area contributed by atoms with E-state index >= 15 is 0 Å². The summed E-state index contributed by atoms with van der Waals surface area (Å²) >= 11 is 1.63. The summed E-state index contributed by atoms with van der Waals surface area (Å²) in [5.74, 6) is -0.0917. The van der Waals surface area contributed by atoms with Gasteiger partial charge >= 0.3 is 0 Å². The van der Waals surface area contributed by atoms with Crippen LogP contribution in [0.15, 0.2) is 64.3 Å². The smallest absolute Gasteiger partial charge is 0.162 e. The van der Waals surface area contributed by atoms with Gasteiger partial charge in [-0.15, -0.1) is 11.3 Å². The number of dihydropyridines is 1. The Bertz CT molecular complexity index is 1020. The number of Topliss-reactive ketones (excluding diaryl/α,β-unsaturated/α-hetero) is 1. The van der Waals surface area contributed by atoms with Gasteiger partial charge in [0.15, 0.2) is 5.78 Å². The van der Waals surface area contributed by atoms with Gasteiger partial charge in [-0.05, 0) is 41.3 Å². The fourth-order valence-electron chi connectivity index (χ4n) is 4.15. The molecule has 0 unspecified atom stereocenters. The molecule has 2 heterocycles. The molecule has 1 atom stereocenters. The molecular weight excluding hydrogens is 352 g/mol. The van der Waals surface area contributed by atoms with E-state index in [0.717, 1.165) is 39.4 Å². The standard InChI is InChI=1S/C23H22N2OS/c1-14-17(12-24)21(22-18(25-14)10-23(2,3)11-19(22)26)20-9-16(13-27-20)15-7-5-4-6-8-15/h4-9,13,21,25H,10-11H2,1-3H3/t21-/m0/s1. The van der Waals surface area contributed by atoms with Crippen molar-refractivity contribution >= 4 is 17.1 Å². The maximum absolute atomic E-state index is 13.0. The molecule has 0 bridgehead atoms. The monoisotopic (exact) mass is 374 g/mol. The van der Waals surface area contributed by atoms with Crippen LogP contribution in [0, 0.1) is 16.7 Å². The Morgan fingerprint density at radius 2 is 1.93 bits per heavy atom. The molecule has 4 heteroatoms. The summed E-state index contributed by atoms with van der Waals surface area (Å²) in [5, 5.41) is 15.3. The minimum atomic E-state index is -0.252. The molecular formula is C23H22N2OS. The third-order valence-corrected chi connectivity index (χ3v) is 6.37. The number of rotatable bonds is 2. The van der Waals surface area contributed by atoms with E-state index in [1.165, 1.54) is 0 Å². The van der Waals surface area contributed by atoms with E-state index in [1.807, 2.05) is 25.1 Å². The van der Waals surface area contributed by atoms with Crippen molar-refractivity contribution in [2.45, 2.75) is 39.5 Å². The first-order valence-electron chi connectivity index (χ1n) is 9.17. The Labute approximate surface area is 164 Å². The molecule has 1 aromatic carbocycles. The van der Waals surface area contributed by atoms with E-state index < -0.39 is 0 Å². The number of thiophene rings is 1. The zero-order valence-corrected chi connectivity index (χ0v) is 16.6. The third kappa shape index (κ3) is 3.13. The van der Waals surface area contributed by atoms with Gasteiger partial charge in [0, 0.05) is 28.3 Å². The quantitative estimate of drug-likeness (QED) is 0.750.